The summed E-state index contributed by atoms with van der Waals surface area (Å²) >= 11 is 1.75. The lowest BCUT2D eigenvalue weighted by Gasteiger charge is -2.06. The van der Waals surface area contributed by atoms with Crippen molar-refractivity contribution in [2.24, 2.45) is 0 Å². The van der Waals surface area contributed by atoms with Crippen molar-refractivity contribution in [3.05, 3.63) is 63.1 Å². The Hall–Kier alpha value is -2.07. The van der Waals surface area contributed by atoms with Gasteiger partial charge in [-0.15, -0.1) is 11.3 Å². The molecule has 4 heteroatoms. The molecule has 2 heterocycles. The summed E-state index contributed by atoms with van der Waals surface area (Å²) in [5, 5.41) is 7.03. The van der Waals surface area contributed by atoms with E-state index in [9.17, 15) is 4.79 Å². The van der Waals surface area contributed by atoms with Crippen molar-refractivity contribution in [1.29, 1.82) is 0 Å². The van der Waals surface area contributed by atoms with Gasteiger partial charge in [0, 0.05) is 16.8 Å². The van der Waals surface area contributed by atoms with Crippen molar-refractivity contribution in [2.75, 3.05) is 11.9 Å². The molecule has 0 atom stereocenters. The number of hydrogen-bond acceptors (Lipinski definition) is 3. The maximum Gasteiger partial charge on any atom is 0.257 e. The van der Waals surface area contributed by atoms with E-state index >= 15 is 0 Å². The summed E-state index contributed by atoms with van der Waals surface area (Å²) in [6.07, 6.45) is 0.965. The van der Waals surface area contributed by atoms with E-state index in [2.05, 4.69) is 27.8 Å². The Labute approximate surface area is 114 Å². The molecule has 0 radical (unpaired) electrons. The van der Waals surface area contributed by atoms with Crippen LogP contribution in [0.15, 0.2) is 52.6 Å². The second-order valence-electron chi connectivity index (χ2n) is 4.36. The first-order valence-electron chi connectivity index (χ1n) is 6.21. The average Bonchev–Trinajstić information content (AvgIpc) is 2.92. The molecule has 0 amide bonds. The SMILES string of the molecule is O=c1[nH]c(NCCc2cccs2)cc2ccccc12. The highest BCUT2D eigenvalue weighted by molar-refractivity contribution is 7.09. The molecule has 0 bridgehead atoms. The molecule has 3 aromatic rings. The number of pyridine rings is 1. The zero-order chi connectivity index (χ0) is 13.1. The normalized spacial score (nSPS) is 10.7. The first-order chi connectivity index (χ1) is 9.33. The van der Waals surface area contributed by atoms with Gasteiger partial charge in [-0.05, 0) is 35.4 Å². The first-order valence-corrected chi connectivity index (χ1v) is 7.09. The van der Waals surface area contributed by atoms with Gasteiger partial charge in [0.1, 0.15) is 5.82 Å². The second kappa shape index (κ2) is 5.28. The van der Waals surface area contributed by atoms with E-state index in [1.165, 1.54) is 4.88 Å². The number of fused-ring (bicyclic) bond motifs is 1. The van der Waals surface area contributed by atoms with Crippen molar-refractivity contribution in [3.8, 4) is 0 Å². The van der Waals surface area contributed by atoms with Gasteiger partial charge in [0.25, 0.3) is 5.56 Å². The number of anilines is 1. The van der Waals surface area contributed by atoms with Gasteiger partial charge in [-0.25, -0.2) is 0 Å². The third-order valence-electron chi connectivity index (χ3n) is 3.02. The standard InChI is InChI=1S/C15H14N2OS/c18-15-13-6-2-1-4-11(13)10-14(17-15)16-8-7-12-5-3-9-19-12/h1-6,9-10H,7-8H2,(H2,16,17,18). The summed E-state index contributed by atoms with van der Waals surface area (Å²) in [4.78, 5) is 16.1. The number of benzene rings is 1. The van der Waals surface area contributed by atoms with Crippen LogP contribution in [0.3, 0.4) is 0 Å². The fraction of sp³-hybridized carbons (Fsp3) is 0.133. The van der Waals surface area contributed by atoms with Crippen molar-refractivity contribution >= 4 is 27.9 Å². The maximum absolute atomic E-state index is 11.9. The Bertz CT molecular complexity index is 731. The molecule has 0 unspecified atom stereocenters. The number of thiophene rings is 1. The van der Waals surface area contributed by atoms with Gasteiger partial charge in [-0.2, -0.15) is 0 Å². The Morgan fingerprint density at radius 1 is 1.16 bits per heavy atom. The molecule has 19 heavy (non-hydrogen) atoms. The molecule has 0 spiro atoms. The summed E-state index contributed by atoms with van der Waals surface area (Å²) in [6.45, 7) is 0.814. The van der Waals surface area contributed by atoms with Crippen LogP contribution in [0.4, 0.5) is 5.82 Å². The van der Waals surface area contributed by atoms with Gasteiger partial charge in [-0.3, -0.25) is 4.79 Å². The molecule has 0 saturated carbocycles. The zero-order valence-electron chi connectivity index (χ0n) is 10.3. The van der Waals surface area contributed by atoms with E-state index in [0.717, 1.165) is 29.6 Å². The van der Waals surface area contributed by atoms with E-state index in [4.69, 9.17) is 0 Å². The van der Waals surface area contributed by atoms with E-state index < -0.39 is 0 Å². The molecular formula is C15H14N2OS. The Morgan fingerprint density at radius 3 is 2.89 bits per heavy atom. The maximum atomic E-state index is 11.9. The molecule has 0 aliphatic carbocycles. The highest BCUT2D eigenvalue weighted by Gasteiger charge is 2.01. The molecule has 0 saturated heterocycles. The lowest BCUT2D eigenvalue weighted by Crippen LogP contribution is -2.12. The fourth-order valence-corrected chi connectivity index (χ4v) is 2.79. The number of hydrogen-bond donors (Lipinski definition) is 2. The quantitative estimate of drug-likeness (QED) is 0.764. The summed E-state index contributed by atoms with van der Waals surface area (Å²) in [7, 11) is 0. The lowest BCUT2D eigenvalue weighted by atomic mass is 10.2. The second-order valence-corrected chi connectivity index (χ2v) is 5.39. The van der Waals surface area contributed by atoms with Crippen LogP contribution in [0.1, 0.15) is 4.88 Å². The Balaban J connectivity index is 1.76. The molecule has 1 aromatic carbocycles. The highest BCUT2D eigenvalue weighted by Crippen LogP contribution is 2.13. The molecule has 0 fully saturated rings. The Morgan fingerprint density at radius 2 is 2.05 bits per heavy atom. The molecule has 2 aromatic heterocycles. The number of aromatic nitrogens is 1. The minimum atomic E-state index is -0.0447. The molecule has 96 valence electrons. The van der Waals surface area contributed by atoms with Crippen molar-refractivity contribution in [2.45, 2.75) is 6.42 Å². The number of rotatable bonds is 4. The van der Waals surface area contributed by atoms with Gasteiger partial charge >= 0.3 is 0 Å². The molecule has 3 nitrogen and oxygen atoms in total. The van der Waals surface area contributed by atoms with Gasteiger partial charge in [0.05, 0.1) is 0 Å². The summed E-state index contributed by atoms with van der Waals surface area (Å²) in [5.41, 5.74) is -0.0447. The minimum absolute atomic E-state index is 0.0447. The van der Waals surface area contributed by atoms with Crippen LogP contribution in [-0.4, -0.2) is 11.5 Å². The summed E-state index contributed by atoms with van der Waals surface area (Å²) in [6, 6.07) is 13.8. The van der Waals surface area contributed by atoms with Crippen molar-refractivity contribution in [1.82, 2.24) is 4.98 Å². The number of aromatic amines is 1. The van der Waals surface area contributed by atoms with Crippen molar-refractivity contribution in [3.63, 3.8) is 0 Å². The van der Waals surface area contributed by atoms with Crippen LogP contribution in [0, 0.1) is 0 Å². The first kappa shape index (κ1) is 12.0. The van der Waals surface area contributed by atoms with Crippen LogP contribution >= 0.6 is 11.3 Å². The monoisotopic (exact) mass is 270 g/mol. The number of H-pyrrole nitrogens is 1. The average molecular weight is 270 g/mol. The highest BCUT2D eigenvalue weighted by atomic mass is 32.1. The third kappa shape index (κ3) is 2.69. The third-order valence-corrected chi connectivity index (χ3v) is 3.96. The molecule has 2 N–H and O–H groups in total. The van der Waals surface area contributed by atoms with Crippen molar-refractivity contribution < 1.29 is 0 Å². The van der Waals surface area contributed by atoms with E-state index in [1.54, 1.807) is 11.3 Å². The van der Waals surface area contributed by atoms with Gasteiger partial charge in [0.2, 0.25) is 0 Å². The topological polar surface area (TPSA) is 44.9 Å². The molecule has 0 aliphatic heterocycles. The fourth-order valence-electron chi connectivity index (χ4n) is 2.08. The summed E-state index contributed by atoms with van der Waals surface area (Å²) < 4.78 is 0. The van der Waals surface area contributed by atoms with E-state index in [-0.39, 0.29) is 5.56 Å². The minimum Gasteiger partial charge on any atom is -0.371 e. The predicted molar refractivity (Wildman–Crippen MR) is 81.1 cm³/mol. The zero-order valence-corrected chi connectivity index (χ0v) is 11.2. The molecule has 0 aliphatic rings. The van der Waals surface area contributed by atoms with Crippen LogP contribution < -0.4 is 10.9 Å². The van der Waals surface area contributed by atoms with Gasteiger partial charge in [0.15, 0.2) is 0 Å². The van der Waals surface area contributed by atoms with Crippen LogP contribution in [0.5, 0.6) is 0 Å². The van der Waals surface area contributed by atoms with Crippen LogP contribution in [-0.2, 0) is 6.42 Å². The van der Waals surface area contributed by atoms with E-state index in [0.29, 0.717) is 0 Å². The Kier molecular flexibility index (Phi) is 3.33. The predicted octanol–water partition coefficient (Wildman–Crippen LogP) is 3.24. The largest absolute Gasteiger partial charge is 0.371 e. The van der Waals surface area contributed by atoms with Crippen LogP contribution in [0.25, 0.3) is 10.8 Å². The van der Waals surface area contributed by atoms with E-state index in [1.807, 2.05) is 30.3 Å². The van der Waals surface area contributed by atoms with Gasteiger partial charge in [-0.1, -0.05) is 24.3 Å². The molecular weight excluding hydrogens is 256 g/mol. The lowest BCUT2D eigenvalue weighted by molar-refractivity contribution is 1.03. The van der Waals surface area contributed by atoms with Gasteiger partial charge < -0.3 is 10.3 Å². The molecule has 3 rings (SSSR count). The van der Waals surface area contributed by atoms with Crippen LogP contribution in [0.2, 0.25) is 0 Å². The smallest absolute Gasteiger partial charge is 0.257 e. The number of nitrogens with one attached hydrogen (secondary N) is 2. The summed E-state index contributed by atoms with van der Waals surface area (Å²) in [5.74, 6) is 0.778.